The lowest BCUT2D eigenvalue weighted by atomic mass is 10.1. The Morgan fingerprint density at radius 3 is 1.95 bits per heavy atom. The first-order valence-electron chi connectivity index (χ1n) is 8.77. The molecule has 0 aromatic carbocycles. The Kier molecular flexibility index (Phi) is 16.2. The molecule has 0 N–H and O–H groups in total. The van der Waals surface area contributed by atoms with Crippen LogP contribution in [0.4, 0.5) is 0 Å². The molecule has 0 amide bonds. The maximum atomic E-state index is 10.9. The van der Waals surface area contributed by atoms with Gasteiger partial charge < -0.3 is 4.74 Å². The van der Waals surface area contributed by atoms with E-state index in [1.165, 1.54) is 52.1 Å². The minimum absolute atomic E-state index is 0.0971. The van der Waals surface area contributed by atoms with Crippen LogP contribution in [0.25, 0.3) is 0 Å². The molecule has 0 aliphatic carbocycles. The quantitative estimate of drug-likeness (QED) is 0.224. The number of esters is 1. The molecule has 0 fully saturated rings. The molecule has 0 unspecified atom stereocenters. The number of allylic oxidation sites excluding steroid dienone is 1. The Balaban J connectivity index is 3.24. The van der Waals surface area contributed by atoms with Crippen molar-refractivity contribution >= 4 is 5.97 Å². The highest BCUT2D eigenvalue weighted by Gasteiger charge is 1.97. The maximum absolute atomic E-state index is 10.9. The van der Waals surface area contributed by atoms with Gasteiger partial charge in [-0.25, -0.2) is 0 Å². The second-order valence-corrected chi connectivity index (χ2v) is 5.66. The fraction of sp³-hybridized carbons (Fsp3) is 0.789. The van der Waals surface area contributed by atoms with Crippen LogP contribution in [0.15, 0.2) is 17.9 Å². The van der Waals surface area contributed by atoms with Crippen molar-refractivity contribution in [1.82, 2.24) is 0 Å². The van der Waals surface area contributed by atoms with Gasteiger partial charge in [0.2, 0.25) is 0 Å². The van der Waals surface area contributed by atoms with Crippen LogP contribution in [-0.4, -0.2) is 13.1 Å². The van der Waals surface area contributed by atoms with E-state index in [9.17, 15) is 4.79 Å². The third-order valence-electron chi connectivity index (χ3n) is 3.64. The zero-order valence-corrected chi connectivity index (χ0v) is 14.2. The van der Waals surface area contributed by atoms with Crippen LogP contribution in [0.3, 0.4) is 0 Å². The lowest BCUT2D eigenvalue weighted by molar-refractivity contribution is -0.140. The van der Waals surface area contributed by atoms with Gasteiger partial charge in [0.15, 0.2) is 0 Å². The van der Waals surface area contributed by atoms with Crippen molar-refractivity contribution in [2.45, 2.75) is 90.4 Å². The normalized spacial score (nSPS) is 10.0. The first kappa shape index (κ1) is 20.0. The van der Waals surface area contributed by atoms with Crippen LogP contribution in [0, 0.1) is 0 Å². The summed E-state index contributed by atoms with van der Waals surface area (Å²) in [5.74, 6) is -0.0971. The molecule has 0 spiro atoms. The summed E-state index contributed by atoms with van der Waals surface area (Å²) in [6, 6.07) is 0. The Morgan fingerprint density at radius 2 is 1.38 bits per heavy atom. The standard InChI is InChI=1S/C19H34O2/c1-3-4-5-6-7-8-9-10-11-12-13-14-15-16-17-18-19(20)21-2/h11,13H,3-10,14-18H2,1-2H3. The SMILES string of the molecule is CCCCCCCCCC=C=CCCCCCC(=O)OC. The van der Waals surface area contributed by atoms with Gasteiger partial charge in [-0.1, -0.05) is 51.9 Å². The zero-order valence-electron chi connectivity index (χ0n) is 14.2. The van der Waals surface area contributed by atoms with Crippen LogP contribution in [0.2, 0.25) is 0 Å². The van der Waals surface area contributed by atoms with Crippen LogP contribution in [-0.2, 0) is 9.53 Å². The third kappa shape index (κ3) is 16.9. The molecule has 0 atom stereocenters. The van der Waals surface area contributed by atoms with E-state index in [0.29, 0.717) is 6.42 Å². The zero-order chi connectivity index (χ0) is 15.6. The number of hydrogen-bond acceptors (Lipinski definition) is 2. The molecule has 0 aliphatic heterocycles. The number of rotatable bonds is 14. The highest BCUT2D eigenvalue weighted by atomic mass is 16.5. The van der Waals surface area contributed by atoms with Crippen LogP contribution >= 0.6 is 0 Å². The van der Waals surface area contributed by atoms with Gasteiger partial charge in [-0.05, 0) is 44.3 Å². The van der Waals surface area contributed by atoms with Crippen molar-refractivity contribution in [3.63, 3.8) is 0 Å². The number of methoxy groups -OCH3 is 1. The average molecular weight is 294 g/mol. The van der Waals surface area contributed by atoms with E-state index < -0.39 is 0 Å². The molecular formula is C19H34O2. The van der Waals surface area contributed by atoms with E-state index in [1.54, 1.807) is 0 Å². The van der Waals surface area contributed by atoms with Crippen molar-refractivity contribution in [2.24, 2.45) is 0 Å². The van der Waals surface area contributed by atoms with Crippen LogP contribution in [0.1, 0.15) is 90.4 Å². The van der Waals surface area contributed by atoms with Gasteiger partial charge in [0.1, 0.15) is 0 Å². The first-order valence-corrected chi connectivity index (χ1v) is 8.77. The van der Waals surface area contributed by atoms with Gasteiger partial charge in [-0.15, -0.1) is 5.73 Å². The molecular weight excluding hydrogens is 260 g/mol. The third-order valence-corrected chi connectivity index (χ3v) is 3.64. The lowest BCUT2D eigenvalue weighted by Gasteiger charge is -1.98. The van der Waals surface area contributed by atoms with Gasteiger partial charge in [0.05, 0.1) is 7.11 Å². The van der Waals surface area contributed by atoms with E-state index in [2.05, 4.69) is 29.5 Å². The van der Waals surface area contributed by atoms with E-state index >= 15 is 0 Å². The number of ether oxygens (including phenoxy) is 1. The van der Waals surface area contributed by atoms with Gasteiger partial charge in [0.25, 0.3) is 0 Å². The van der Waals surface area contributed by atoms with Gasteiger partial charge in [0, 0.05) is 6.42 Å². The molecule has 2 nitrogen and oxygen atoms in total. The minimum Gasteiger partial charge on any atom is -0.469 e. The molecule has 0 bridgehead atoms. The highest BCUT2D eigenvalue weighted by Crippen LogP contribution is 2.08. The van der Waals surface area contributed by atoms with E-state index in [-0.39, 0.29) is 5.97 Å². The predicted octanol–water partition coefficient (Wildman–Crippen LogP) is 5.96. The fourth-order valence-corrected chi connectivity index (χ4v) is 2.25. The summed E-state index contributed by atoms with van der Waals surface area (Å²) in [4.78, 5) is 10.9. The van der Waals surface area contributed by atoms with Crippen molar-refractivity contribution in [3.05, 3.63) is 17.9 Å². The average Bonchev–Trinajstić information content (AvgIpc) is 2.50. The molecule has 0 rings (SSSR count). The molecule has 0 heterocycles. The number of carbonyl (C=O) groups excluding carboxylic acids is 1. The van der Waals surface area contributed by atoms with E-state index in [0.717, 1.165) is 32.1 Å². The Bertz CT molecular complexity index is 288. The minimum atomic E-state index is -0.0971. The Morgan fingerprint density at radius 1 is 0.857 bits per heavy atom. The molecule has 0 aliphatic rings. The molecule has 0 saturated carbocycles. The van der Waals surface area contributed by atoms with E-state index in [1.807, 2.05) is 0 Å². The summed E-state index contributed by atoms with van der Waals surface area (Å²) in [6.07, 6.45) is 19.8. The summed E-state index contributed by atoms with van der Waals surface area (Å²) in [5.41, 5.74) is 3.27. The molecule has 2 heteroatoms. The fourth-order valence-electron chi connectivity index (χ4n) is 2.25. The topological polar surface area (TPSA) is 26.3 Å². The maximum Gasteiger partial charge on any atom is 0.305 e. The predicted molar refractivity (Wildman–Crippen MR) is 90.4 cm³/mol. The summed E-state index contributed by atoms with van der Waals surface area (Å²) >= 11 is 0. The van der Waals surface area contributed by atoms with Gasteiger partial charge in [-0.3, -0.25) is 4.79 Å². The summed E-state index contributed by atoms with van der Waals surface area (Å²) in [6.45, 7) is 2.26. The van der Waals surface area contributed by atoms with Crippen molar-refractivity contribution in [3.8, 4) is 0 Å². The summed E-state index contributed by atoms with van der Waals surface area (Å²) < 4.78 is 4.61. The molecule has 0 aromatic heterocycles. The van der Waals surface area contributed by atoms with Crippen molar-refractivity contribution < 1.29 is 9.53 Å². The highest BCUT2D eigenvalue weighted by molar-refractivity contribution is 5.68. The second kappa shape index (κ2) is 17.0. The smallest absolute Gasteiger partial charge is 0.305 e. The summed E-state index contributed by atoms with van der Waals surface area (Å²) in [7, 11) is 1.45. The first-order chi connectivity index (χ1) is 10.3. The lowest BCUT2D eigenvalue weighted by Crippen LogP contribution is -1.98. The van der Waals surface area contributed by atoms with E-state index in [4.69, 9.17) is 0 Å². The monoisotopic (exact) mass is 294 g/mol. The van der Waals surface area contributed by atoms with Crippen LogP contribution < -0.4 is 0 Å². The van der Waals surface area contributed by atoms with Crippen molar-refractivity contribution in [2.75, 3.05) is 7.11 Å². The largest absolute Gasteiger partial charge is 0.469 e. The number of unbranched alkanes of at least 4 members (excludes halogenated alkanes) is 10. The Hall–Kier alpha value is -1.01. The summed E-state index contributed by atoms with van der Waals surface area (Å²) in [5, 5.41) is 0. The number of hydrogen-bond donors (Lipinski definition) is 0. The molecule has 0 saturated heterocycles. The Labute approximate surface area is 131 Å². The molecule has 21 heavy (non-hydrogen) atoms. The van der Waals surface area contributed by atoms with Crippen molar-refractivity contribution in [1.29, 1.82) is 0 Å². The van der Waals surface area contributed by atoms with Gasteiger partial charge >= 0.3 is 5.97 Å². The van der Waals surface area contributed by atoms with Crippen LogP contribution in [0.5, 0.6) is 0 Å². The molecule has 0 radical (unpaired) electrons. The number of carbonyl (C=O) groups is 1. The molecule has 122 valence electrons. The van der Waals surface area contributed by atoms with Gasteiger partial charge in [-0.2, -0.15) is 0 Å². The second-order valence-electron chi connectivity index (χ2n) is 5.66. The molecule has 0 aromatic rings.